The number of rotatable bonds is 5. The summed E-state index contributed by atoms with van der Waals surface area (Å²) in [5.41, 5.74) is 0. The average molecular weight is 263 g/mol. The second-order valence-corrected chi connectivity index (χ2v) is 4.69. The molecular formula is C10H17NO7. The highest BCUT2D eigenvalue weighted by Gasteiger charge is 2.54. The highest BCUT2D eigenvalue weighted by Crippen LogP contribution is 2.39. The van der Waals surface area contributed by atoms with E-state index >= 15 is 0 Å². The third-order valence-electron chi connectivity index (χ3n) is 2.96. The normalized spacial score (nSPS) is 37.5. The van der Waals surface area contributed by atoms with Gasteiger partial charge in [-0.3, -0.25) is 0 Å². The summed E-state index contributed by atoms with van der Waals surface area (Å²) in [6, 6.07) is 0. The second kappa shape index (κ2) is 4.96. The molecule has 0 spiro atoms. The van der Waals surface area contributed by atoms with Gasteiger partial charge < -0.3 is 23.8 Å². The number of hydrogen-bond acceptors (Lipinski definition) is 7. The van der Waals surface area contributed by atoms with Crippen LogP contribution in [0.1, 0.15) is 20.3 Å². The van der Waals surface area contributed by atoms with E-state index < -0.39 is 17.2 Å². The van der Waals surface area contributed by atoms with Gasteiger partial charge in [0.1, 0.15) is 12.2 Å². The van der Waals surface area contributed by atoms with Gasteiger partial charge in [0.25, 0.3) is 5.09 Å². The topological polar surface area (TPSA) is 89.3 Å². The van der Waals surface area contributed by atoms with Crippen LogP contribution in [0.25, 0.3) is 0 Å². The van der Waals surface area contributed by atoms with Crippen LogP contribution in [0.3, 0.4) is 0 Å². The highest BCUT2D eigenvalue weighted by molar-refractivity contribution is 4.93. The Labute approximate surface area is 104 Å². The van der Waals surface area contributed by atoms with E-state index in [1.54, 1.807) is 21.0 Å². The quantitative estimate of drug-likeness (QED) is 0.526. The van der Waals surface area contributed by atoms with Gasteiger partial charge in [-0.15, -0.1) is 10.1 Å². The molecule has 0 unspecified atom stereocenters. The van der Waals surface area contributed by atoms with Crippen LogP contribution in [0.5, 0.6) is 0 Å². The smallest absolute Gasteiger partial charge is 0.294 e. The molecule has 8 nitrogen and oxygen atoms in total. The summed E-state index contributed by atoms with van der Waals surface area (Å²) >= 11 is 0. The second-order valence-electron chi connectivity index (χ2n) is 4.69. The number of hydrogen-bond donors (Lipinski definition) is 0. The van der Waals surface area contributed by atoms with E-state index in [9.17, 15) is 10.1 Å². The Morgan fingerprint density at radius 1 is 1.39 bits per heavy atom. The largest absolute Gasteiger partial charge is 0.376 e. The Balaban J connectivity index is 1.90. The third kappa shape index (κ3) is 2.72. The zero-order valence-electron chi connectivity index (χ0n) is 10.5. The van der Waals surface area contributed by atoms with Gasteiger partial charge in [-0.25, -0.2) is 0 Å². The molecule has 8 heteroatoms. The number of fused-ring (bicyclic) bond motifs is 1. The summed E-state index contributed by atoms with van der Waals surface area (Å²) in [6.07, 6.45) is -1.11. The zero-order valence-corrected chi connectivity index (χ0v) is 10.5. The van der Waals surface area contributed by atoms with Crippen molar-refractivity contribution in [3.8, 4) is 0 Å². The molecule has 0 saturated carbocycles. The van der Waals surface area contributed by atoms with Gasteiger partial charge in [0.15, 0.2) is 12.1 Å². The Hall–Kier alpha value is -0.960. The van der Waals surface area contributed by atoms with E-state index in [2.05, 4.69) is 4.84 Å². The minimum absolute atomic E-state index is 0.0413. The van der Waals surface area contributed by atoms with Crippen LogP contribution in [0.15, 0.2) is 0 Å². The van der Waals surface area contributed by atoms with Gasteiger partial charge in [-0.05, 0) is 20.3 Å². The van der Waals surface area contributed by atoms with Crippen molar-refractivity contribution in [1.82, 2.24) is 0 Å². The van der Waals surface area contributed by atoms with E-state index in [4.69, 9.17) is 18.9 Å². The van der Waals surface area contributed by atoms with Crippen molar-refractivity contribution in [1.29, 1.82) is 0 Å². The molecule has 0 N–H and O–H groups in total. The monoisotopic (exact) mass is 263 g/mol. The summed E-state index contributed by atoms with van der Waals surface area (Å²) < 4.78 is 22.2. The summed E-state index contributed by atoms with van der Waals surface area (Å²) in [6.45, 7) is 3.55. The van der Waals surface area contributed by atoms with Crippen LogP contribution in [0.2, 0.25) is 0 Å². The fraction of sp³-hybridized carbons (Fsp3) is 1.00. The molecule has 4 atom stereocenters. The lowest BCUT2D eigenvalue weighted by Crippen LogP contribution is -2.36. The first-order chi connectivity index (χ1) is 8.43. The molecule has 2 rings (SSSR count). The van der Waals surface area contributed by atoms with Gasteiger partial charge in [-0.1, -0.05) is 0 Å². The summed E-state index contributed by atoms with van der Waals surface area (Å²) in [5, 5.41) is 9.24. The maximum Gasteiger partial charge on any atom is 0.294 e. The van der Waals surface area contributed by atoms with E-state index in [1.807, 2.05) is 0 Å². The van der Waals surface area contributed by atoms with Crippen molar-refractivity contribution < 1.29 is 28.9 Å². The van der Waals surface area contributed by atoms with Gasteiger partial charge in [0, 0.05) is 7.11 Å². The standard InChI is InChI=1S/C10H17NO7/c1-10(2)17-8-7(14-3)6(16-9(8)18-10)4-5-15-11(12)13/h6-9H,4-5H2,1-3H3/t6-,7-,8-,9-/m1/s1. The molecule has 2 heterocycles. The van der Waals surface area contributed by atoms with Crippen molar-refractivity contribution in [2.75, 3.05) is 13.7 Å². The van der Waals surface area contributed by atoms with Crippen LogP contribution < -0.4 is 0 Å². The molecule has 2 saturated heterocycles. The molecule has 18 heavy (non-hydrogen) atoms. The lowest BCUT2D eigenvalue weighted by Gasteiger charge is -2.24. The molecule has 0 aromatic carbocycles. The summed E-state index contributed by atoms with van der Waals surface area (Å²) in [7, 11) is 1.55. The van der Waals surface area contributed by atoms with Crippen molar-refractivity contribution in [2.45, 2.75) is 50.7 Å². The van der Waals surface area contributed by atoms with Crippen LogP contribution in [0.4, 0.5) is 0 Å². The maximum absolute atomic E-state index is 10.1. The first-order valence-corrected chi connectivity index (χ1v) is 5.74. The van der Waals surface area contributed by atoms with Crippen molar-refractivity contribution in [3.63, 3.8) is 0 Å². The van der Waals surface area contributed by atoms with Gasteiger partial charge >= 0.3 is 0 Å². The van der Waals surface area contributed by atoms with Crippen LogP contribution in [0, 0.1) is 10.1 Å². The van der Waals surface area contributed by atoms with Crippen LogP contribution >= 0.6 is 0 Å². The maximum atomic E-state index is 10.1. The highest BCUT2D eigenvalue weighted by atomic mass is 16.9. The first kappa shape index (κ1) is 13.5. The lowest BCUT2D eigenvalue weighted by molar-refractivity contribution is -0.758. The van der Waals surface area contributed by atoms with Gasteiger partial charge in [-0.2, -0.15) is 0 Å². The Morgan fingerprint density at radius 3 is 2.72 bits per heavy atom. The van der Waals surface area contributed by atoms with Crippen LogP contribution in [-0.2, 0) is 23.8 Å². The third-order valence-corrected chi connectivity index (χ3v) is 2.96. The number of nitrogens with zero attached hydrogens (tertiary/aromatic N) is 1. The minimum atomic E-state index is -0.826. The molecular weight excluding hydrogens is 246 g/mol. The van der Waals surface area contributed by atoms with E-state index in [0.29, 0.717) is 6.42 Å². The van der Waals surface area contributed by atoms with Crippen molar-refractivity contribution >= 4 is 0 Å². The van der Waals surface area contributed by atoms with E-state index in [1.165, 1.54) is 0 Å². The van der Waals surface area contributed by atoms with E-state index in [0.717, 1.165) is 0 Å². The Bertz CT molecular complexity index is 321. The Kier molecular flexibility index (Phi) is 3.71. The van der Waals surface area contributed by atoms with Gasteiger partial charge in [0.2, 0.25) is 0 Å². The SMILES string of the molecule is CO[C@H]1[C@H]2OC(C)(C)O[C@H]2O[C@@H]1CCO[N+](=O)[O-]. The lowest BCUT2D eigenvalue weighted by atomic mass is 10.1. The number of ether oxygens (including phenoxy) is 4. The number of methoxy groups -OCH3 is 1. The van der Waals surface area contributed by atoms with Crippen molar-refractivity contribution in [2.24, 2.45) is 0 Å². The summed E-state index contributed by atoms with van der Waals surface area (Å²) in [5.74, 6) is -0.700. The predicted octanol–water partition coefficient (Wildman–Crippen LogP) is 0.476. The molecule has 0 aliphatic carbocycles. The van der Waals surface area contributed by atoms with Gasteiger partial charge in [0.05, 0.1) is 12.7 Å². The first-order valence-electron chi connectivity index (χ1n) is 5.74. The minimum Gasteiger partial charge on any atom is -0.376 e. The molecule has 2 aliphatic rings. The average Bonchev–Trinajstić information content (AvgIpc) is 2.68. The summed E-state index contributed by atoms with van der Waals surface area (Å²) in [4.78, 5) is 14.3. The molecule has 2 fully saturated rings. The fourth-order valence-electron chi connectivity index (χ4n) is 2.31. The molecule has 0 amide bonds. The fourth-order valence-corrected chi connectivity index (χ4v) is 2.31. The molecule has 0 radical (unpaired) electrons. The van der Waals surface area contributed by atoms with Crippen molar-refractivity contribution in [3.05, 3.63) is 10.1 Å². The molecule has 104 valence electrons. The molecule has 0 aromatic heterocycles. The Morgan fingerprint density at radius 2 is 2.11 bits per heavy atom. The zero-order chi connectivity index (χ0) is 13.3. The van der Waals surface area contributed by atoms with E-state index in [-0.39, 0.29) is 24.9 Å². The molecule has 0 bridgehead atoms. The molecule has 0 aromatic rings. The molecule has 2 aliphatic heterocycles. The predicted molar refractivity (Wildman–Crippen MR) is 57.1 cm³/mol. The van der Waals surface area contributed by atoms with Crippen LogP contribution in [-0.4, -0.2) is 49.2 Å².